The third-order valence-corrected chi connectivity index (χ3v) is 8.01. The molecule has 2 aliphatic heterocycles. The first kappa shape index (κ1) is 34.8. The highest BCUT2D eigenvalue weighted by molar-refractivity contribution is 5.02. The van der Waals surface area contributed by atoms with E-state index in [4.69, 9.17) is 47.6 Å². The van der Waals surface area contributed by atoms with Crippen LogP contribution in [-0.2, 0) is 18.9 Å². The number of nitrogens with one attached hydrogen (secondary N) is 2. The number of hydrogen-bond donors (Lipinski definition) is 13. The highest BCUT2D eigenvalue weighted by Gasteiger charge is 2.51. The Morgan fingerprint density at radius 3 is 2.15 bits per heavy atom. The van der Waals surface area contributed by atoms with E-state index in [0.717, 1.165) is 0 Å². The summed E-state index contributed by atoms with van der Waals surface area (Å²) in [5, 5.41) is 68.9. The van der Waals surface area contributed by atoms with Crippen molar-refractivity contribution in [3.8, 4) is 0 Å². The van der Waals surface area contributed by atoms with Crippen LogP contribution in [0.15, 0.2) is 0 Å². The molecule has 17 heteroatoms. The fraction of sp³-hybridized carbons (Fsp3) is 1.00. The summed E-state index contributed by atoms with van der Waals surface area (Å²) in [4.78, 5) is 0. The van der Waals surface area contributed by atoms with Gasteiger partial charge in [0.05, 0.1) is 37.0 Å². The van der Waals surface area contributed by atoms with E-state index in [1.807, 2.05) is 0 Å². The second-order valence-electron chi connectivity index (χ2n) is 11.1. The third kappa shape index (κ3) is 8.70. The lowest BCUT2D eigenvalue weighted by molar-refractivity contribution is -0.316. The minimum atomic E-state index is -1.49. The molecule has 1 aliphatic carbocycles. The lowest BCUT2D eigenvalue weighted by Crippen LogP contribution is -2.69. The molecular weight excluding hydrogens is 546 g/mol. The van der Waals surface area contributed by atoms with Crippen molar-refractivity contribution >= 4 is 0 Å². The summed E-state index contributed by atoms with van der Waals surface area (Å²) in [7, 11) is 0. The molecule has 2 heterocycles. The van der Waals surface area contributed by atoms with Crippen LogP contribution in [-0.4, -0.2) is 162 Å². The fourth-order valence-electron chi connectivity index (χ4n) is 5.49. The minimum absolute atomic E-state index is 0.00726. The number of rotatable bonds is 14. The Bertz CT molecular complexity index is 764. The van der Waals surface area contributed by atoms with Crippen molar-refractivity contribution in [1.82, 2.24) is 10.6 Å². The zero-order valence-corrected chi connectivity index (χ0v) is 23.2. The summed E-state index contributed by atoms with van der Waals surface area (Å²) in [6.45, 7) is 0.526. The minimum Gasteiger partial charge on any atom is -0.394 e. The van der Waals surface area contributed by atoms with Crippen LogP contribution in [0.1, 0.15) is 19.3 Å². The number of nitrogens with two attached hydrogens (primary N) is 5. The predicted molar refractivity (Wildman–Crippen MR) is 145 cm³/mol. The summed E-state index contributed by atoms with van der Waals surface area (Å²) in [5.74, 6) is 0. The first-order valence-corrected chi connectivity index (χ1v) is 14.3. The van der Waals surface area contributed by atoms with E-state index >= 15 is 0 Å². The molecule has 0 aromatic rings. The van der Waals surface area contributed by atoms with Crippen molar-refractivity contribution in [2.75, 3.05) is 39.3 Å². The van der Waals surface area contributed by atoms with Crippen LogP contribution in [0.4, 0.5) is 0 Å². The number of ether oxygens (including phenoxy) is 4. The van der Waals surface area contributed by atoms with E-state index in [9.17, 15) is 30.6 Å². The predicted octanol–water partition coefficient (Wildman–Crippen LogP) is -7.37. The Hall–Kier alpha value is -0.680. The molecular formula is C24H51N7O10. The van der Waals surface area contributed by atoms with Crippen LogP contribution < -0.4 is 39.3 Å². The third-order valence-electron chi connectivity index (χ3n) is 8.01. The second kappa shape index (κ2) is 16.4. The molecule has 3 fully saturated rings. The second-order valence-corrected chi connectivity index (χ2v) is 11.1. The Morgan fingerprint density at radius 2 is 1.51 bits per heavy atom. The van der Waals surface area contributed by atoms with Gasteiger partial charge in [-0.1, -0.05) is 0 Å². The van der Waals surface area contributed by atoms with Crippen molar-refractivity contribution in [2.24, 2.45) is 28.7 Å². The maximum Gasteiger partial charge on any atom is 0.186 e. The highest BCUT2D eigenvalue weighted by atomic mass is 16.7. The monoisotopic (exact) mass is 597 g/mol. The summed E-state index contributed by atoms with van der Waals surface area (Å²) >= 11 is 0. The van der Waals surface area contributed by atoms with Crippen LogP contribution in [0.2, 0.25) is 0 Å². The standard InChI is InChI=1S/C24H51N7O10/c25-2-1-3-30-13-5-14(34)15(7-27)38-23(13)40-21-11(28)4-12(31-8-10(33)6-26)22(20(21)37)41-24-19(36)17(29)18(35)16(9-32)39-24/h10-24,30-37H,1-9,25-29H2/t10?,11-,12+,13+,14-,15+,16+,17-,18+,19+,20-,21+,22-,23+,24+/m0/s1. The van der Waals surface area contributed by atoms with Gasteiger partial charge in [-0.15, -0.1) is 0 Å². The molecule has 1 unspecified atom stereocenters. The van der Waals surface area contributed by atoms with Gasteiger partial charge in [-0.2, -0.15) is 0 Å². The molecule has 1 saturated carbocycles. The van der Waals surface area contributed by atoms with Crippen molar-refractivity contribution in [3.63, 3.8) is 0 Å². The average Bonchev–Trinajstić information content (AvgIpc) is 2.96. The van der Waals surface area contributed by atoms with E-state index in [0.29, 0.717) is 19.5 Å². The Kier molecular flexibility index (Phi) is 13.9. The van der Waals surface area contributed by atoms with Gasteiger partial charge in [0.25, 0.3) is 0 Å². The van der Waals surface area contributed by atoms with Crippen LogP contribution >= 0.6 is 0 Å². The molecule has 3 rings (SSSR count). The van der Waals surface area contributed by atoms with Crippen LogP contribution in [0.25, 0.3) is 0 Å². The molecule has 0 amide bonds. The van der Waals surface area contributed by atoms with Crippen LogP contribution in [0, 0.1) is 0 Å². The number of hydrogen-bond acceptors (Lipinski definition) is 17. The summed E-state index contributed by atoms with van der Waals surface area (Å²) < 4.78 is 23.9. The molecule has 2 saturated heterocycles. The smallest absolute Gasteiger partial charge is 0.186 e. The molecule has 3 aliphatic rings. The molecule has 41 heavy (non-hydrogen) atoms. The van der Waals surface area contributed by atoms with Crippen molar-refractivity contribution in [2.45, 2.75) is 111 Å². The van der Waals surface area contributed by atoms with Gasteiger partial charge in [0.2, 0.25) is 0 Å². The SMILES string of the molecule is NCCCN[C@@H]1C[C@H](O)[C@@H](CN)O[C@@H]1O[C@H]1[C@H](O)[C@@H](O[C@H]2O[C@H](CO)[C@@H](O)[C@H](N)[C@H]2O)[C@H](NCC(O)CN)C[C@@H]1N. The van der Waals surface area contributed by atoms with E-state index in [1.54, 1.807) is 0 Å². The normalized spacial score (nSPS) is 44.6. The van der Waals surface area contributed by atoms with E-state index in [2.05, 4.69) is 10.6 Å². The summed E-state index contributed by atoms with van der Waals surface area (Å²) in [5.41, 5.74) is 29.4. The molecule has 18 N–H and O–H groups in total. The van der Waals surface area contributed by atoms with Gasteiger partial charge in [-0.3, -0.25) is 0 Å². The fourth-order valence-corrected chi connectivity index (χ4v) is 5.49. The van der Waals surface area contributed by atoms with Gasteiger partial charge in [0.15, 0.2) is 12.6 Å². The Balaban J connectivity index is 1.81. The van der Waals surface area contributed by atoms with Crippen molar-refractivity contribution < 1.29 is 49.6 Å². The summed E-state index contributed by atoms with van der Waals surface area (Å²) in [6, 6.07) is -3.04. The number of aliphatic hydroxyl groups is 6. The zero-order chi connectivity index (χ0) is 30.3. The molecule has 242 valence electrons. The molecule has 0 spiro atoms. The van der Waals surface area contributed by atoms with Crippen LogP contribution in [0.5, 0.6) is 0 Å². The molecule has 15 atom stereocenters. The maximum atomic E-state index is 11.6. The number of aliphatic hydroxyl groups excluding tert-OH is 6. The van der Waals surface area contributed by atoms with Gasteiger partial charge >= 0.3 is 0 Å². The van der Waals surface area contributed by atoms with Gasteiger partial charge in [-0.25, -0.2) is 0 Å². The van der Waals surface area contributed by atoms with Gasteiger partial charge in [0.1, 0.15) is 36.6 Å². The quantitative estimate of drug-likeness (QED) is 0.0827. The maximum absolute atomic E-state index is 11.6. The molecule has 0 bridgehead atoms. The highest BCUT2D eigenvalue weighted by Crippen LogP contribution is 2.32. The first-order chi connectivity index (χ1) is 19.6. The van der Waals surface area contributed by atoms with Crippen LogP contribution in [0.3, 0.4) is 0 Å². The van der Waals surface area contributed by atoms with Crippen molar-refractivity contribution in [1.29, 1.82) is 0 Å². The van der Waals surface area contributed by atoms with Gasteiger partial charge in [-0.05, 0) is 32.4 Å². The van der Waals surface area contributed by atoms with Gasteiger partial charge in [0, 0.05) is 31.7 Å². The lowest BCUT2D eigenvalue weighted by atomic mass is 9.83. The topological polar surface area (TPSA) is 312 Å². The largest absolute Gasteiger partial charge is 0.394 e. The molecule has 0 aromatic heterocycles. The van der Waals surface area contributed by atoms with Crippen molar-refractivity contribution in [3.05, 3.63) is 0 Å². The Morgan fingerprint density at radius 1 is 0.829 bits per heavy atom. The van der Waals surface area contributed by atoms with Gasteiger partial charge < -0.3 is 88.9 Å². The molecule has 0 aromatic carbocycles. The lowest BCUT2D eigenvalue weighted by Gasteiger charge is -2.49. The Labute approximate surface area is 239 Å². The molecule has 0 radical (unpaired) electrons. The van der Waals surface area contributed by atoms with E-state index in [1.165, 1.54) is 0 Å². The van der Waals surface area contributed by atoms with E-state index < -0.39 is 98.3 Å². The first-order valence-electron chi connectivity index (χ1n) is 14.3. The zero-order valence-electron chi connectivity index (χ0n) is 23.2. The van der Waals surface area contributed by atoms with E-state index in [-0.39, 0.29) is 32.5 Å². The molecule has 17 nitrogen and oxygen atoms in total. The average molecular weight is 598 g/mol. The summed E-state index contributed by atoms with van der Waals surface area (Å²) in [6.07, 6.45) is -11.1.